The van der Waals surface area contributed by atoms with Crippen LogP contribution in [0.25, 0.3) is 44.1 Å². The van der Waals surface area contributed by atoms with Crippen molar-refractivity contribution in [1.82, 2.24) is 9.13 Å². The van der Waals surface area contributed by atoms with E-state index in [-0.39, 0.29) is 0 Å². The lowest BCUT2D eigenvalue weighted by molar-refractivity contribution is 1.11. The lowest BCUT2D eigenvalue weighted by Gasteiger charge is -2.26. The molecule has 0 N–H and O–H groups in total. The zero-order chi connectivity index (χ0) is 28.9. The van der Waals surface area contributed by atoms with Crippen LogP contribution in [0.15, 0.2) is 152 Å². The molecule has 0 unspecified atom stereocenters. The number of rotatable bonds is 5. The van der Waals surface area contributed by atoms with Gasteiger partial charge in [-0.05, 0) is 80.6 Å². The number of anilines is 3. The Morgan fingerprint density at radius 2 is 1.12 bits per heavy atom. The smallest absolute Gasteiger partial charge is 0.0788 e. The largest absolute Gasteiger partial charge is 0.315 e. The van der Waals surface area contributed by atoms with E-state index < -0.39 is 0 Å². The fourth-order valence-corrected chi connectivity index (χ4v) is 6.35. The standard InChI is InChI=1S/C40H31N3/c1-28-15-20-32(21-16-28)42(33-22-17-29(2)18-23-33)35-12-8-11-34(27-35)41-26-25-30-19-24-37-36-13-6-7-14-38(36)43(40(37)39(30)41)31-9-4-3-5-10-31/h3-27H,1-2H3. The molecule has 3 nitrogen and oxygen atoms in total. The molecule has 0 fully saturated rings. The number of hydrogen-bond acceptors (Lipinski definition) is 1. The molecule has 0 spiro atoms. The molecule has 0 aliphatic heterocycles. The Morgan fingerprint density at radius 1 is 0.465 bits per heavy atom. The summed E-state index contributed by atoms with van der Waals surface area (Å²) in [7, 11) is 0. The zero-order valence-corrected chi connectivity index (χ0v) is 24.3. The summed E-state index contributed by atoms with van der Waals surface area (Å²) in [5.74, 6) is 0. The highest BCUT2D eigenvalue weighted by Crippen LogP contribution is 2.39. The number of fused-ring (bicyclic) bond motifs is 5. The van der Waals surface area contributed by atoms with Gasteiger partial charge in [-0.15, -0.1) is 0 Å². The van der Waals surface area contributed by atoms with Gasteiger partial charge in [-0.2, -0.15) is 0 Å². The molecule has 0 radical (unpaired) electrons. The Hall–Kier alpha value is -5.54. The first kappa shape index (κ1) is 25.2. The van der Waals surface area contributed by atoms with Crippen molar-refractivity contribution in [3.05, 3.63) is 163 Å². The number of para-hydroxylation sites is 2. The van der Waals surface area contributed by atoms with Gasteiger partial charge in [0.05, 0.1) is 16.6 Å². The highest BCUT2D eigenvalue weighted by molar-refractivity contribution is 6.18. The van der Waals surface area contributed by atoms with Gasteiger partial charge >= 0.3 is 0 Å². The van der Waals surface area contributed by atoms with Crippen LogP contribution >= 0.6 is 0 Å². The van der Waals surface area contributed by atoms with E-state index in [1.165, 1.54) is 43.8 Å². The summed E-state index contributed by atoms with van der Waals surface area (Å²) >= 11 is 0. The second-order valence-corrected chi connectivity index (χ2v) is 11.3. The van der Waals surface area contributed by atoms with Gasteiger partial charge in [0.1, 0.15) is 0 Å². The first-order chi connectivity index (χ1) is 21.2. The highest BCUT2D eigenvalue weighted by Gasteiger charge is 2.19. The van der Waals surface area contributed by atoms with Crippen LogP contribution in [0.3, 0.4) is 0 Å². The molecule has 0 saturated carbocycles. The lowest BCUT2D eigenvalue weighted by atomic mass is 10.1. The van der Waals surface area contributed by atoms with Crippen molar-refractivity contribution in [2.45, 2.75) is 13.8 Å². The number of hydrogen-bond donors (Lipinski definition) is 0. The van der Waals surface area contributed by atoms with Crippen molar-refractivity contribution in [1.29, 1.82) is 0 Å². The molecule has 0 atom stereocenters. The molecule has 206 valence electrons. The average molecular weight is 554 g/mol. The molecule has 2 heterocycles. The minimum absolute atomic E-state index is 1.11. The van der Waals surface area contributed by atoms with Crippen LogP contribution in [0.5, 0.6) is 0 Å². The normalized spacial score (nSPS) is 11.5. The van der Waals surface area contributed by atoms with Crippen LogP contribution in [0.4, 0.5) is 17.1 Å². The van der Waals surface area contributed by atoms with E-state index in [0.717, 1.165) is 28.4 Å². The third-order valence-electron chi connectivity index (χ3n) is 8.45. The van der Waals surface area contributed by atoms with Gasteiger partial charge < -0.3 is 14.0 Å². The molecule has 43 heavy (non-hydrogen) atoms. The number of benzene rings is 6. The minimum atomic E-state index is 1.11. The zero-order valence-electron chi connectivity index (χ0n) is 24.3. The third kappa shape index (κ3) is 4.21. The molecule has 3 heteroatoms. The molecule has 8 aromatic rings. The maximum atomic E-state index is 2.41. The van der Waals surface area contributed by atoms with Crippen LogP contribution < -0.4 is 4.90 Å². The SMILES string of the molecule is Cc1ccc(N(c2ccc(C)cc2)c2cccc(-n3ccc4ccc5c6ccccc6n(-c6ccccc6)c5c43)c2)cc1. The fourth-order valence-electron chi connectivity index (χ4n) is 6.35. The Labute approximate surface area is 251 Å². The second-order valence-electron chi connectivity index (χ2n) is 11.3. The van der Waals surface area contributed by atoms with Crippen molar-refractivity contribution in [2.24, 2.45) is 0 Å². The number of aryl methyl sites for hydroxylation is 2. The van der Waals surface area contributed by atoms with E-state index in [2.05, 4.69) is 180 Å². The summed E-state index contributed by atoms with van der Waals surface area (Å²) in [6, 6.07) is 52.6. The summed E-state index contributed by atoms with van der Waals surface area (Å²) < 4.78 is 4.76. The number of nitrogens with zero attached hydrogens (tertiary/aromatic N) is 3. The van der Waals surface area contributed by atoms with E-state index >= 15 is 0 Å². The molecule has 0 bridgehead atoms. The van der Waals surface area contributed by atoms with Crippen molar-refractivity contribution >= 4 is 49.8 Å². The Bertz CT molecular complexity index is 2190. The molecule has 2 aromatic heterocycles. The maximum Gasteiger partial charge on any atom is 0.0788 e. The van der Waals surface area contributed by atoms with E-state index in [1.54, 1.807) is 0 Å². The first-order valence-electron chi connectivity index (χ1n) is 14.8. The van der Waals surface area contributed by atoms with E-state index in [9.17, 15) is 0 Å². The predicted octanol–water partition coefficient (Wildman–Crippen LogP) is 10.8. The van der Waals surface area contributed by atoms with Crippen molar-refractivity contribution in [3.63, 3.8) is 0 Å². The Balaban J connectivity index is 1.37. The molecule has 0 amide bonds. The van der Waals surface area contributed by atoms with E-state index in [4.69, 9.17) is 0 Å². The summed E-state index contributed by atoms with van der Waals surface area (Å²) in [5.41, 5.74) is 11.8. The van der Waals surface area contributed by atoms with Crippen LogP contribution in [0.2, 0.25) is 0 Å². The summed E-state index contributed by atoms with van der Waals surface area (Å²) in [6.45, 7) is 4.26. The third-order valence-corrected chi connectivity index (χ3v) is 8.45. The van der Waals surface area contributed by atoms with Gasteiger partial charge in [0.25, 0.3) is 0 Å². The molecule has 0 saturated heterocycles. The Morgan fingerprint density at radius 3 is 1.84 bits per heavy atom. The van der Waals surface area contributed by atoms with Crippen LogP contribution in [0.1, 0.15) is 11.1 Å². The van der Waals surface area contributed by atoms with Crippen molar-refractivity contribution in [2.75, 3.05) is 4.90 Å². The van der Waals surface area contributed by atoms with Crippen molar-refractivity contribution < 1.29 is 0 Å². The summed E-state index contributed by atoms with van der Waals surface area (Å²) in [4.78, 5) is 2.34. The summed E-state index contributed by atoms with van der Waals surface area (Å²) in [6.07, 6.45) is 2.21. The first-order valence-corrected chi connectivity index (χ1v) is 14.8. The molecular weight excluding hydrogens is 522 g/mol. The average Bonchev–Trinajstić information content (AvgIpc) is 3.63. The van der Waals surface area contributed by atoms with Gasteiger partial charge in [-0.1, -0.05) is 90.0 Å². The van der Waals surface area contributed by atoms with Gasteiger partial charge in [0.15, 0.2) is 0 Å². The van der Waals surface area contributed by atoms with E-state index in [0.29, 0.717) is 0 Å². The highest BCUT2D eigenvalue weighted by atomic mass is 15.1. The minimum Gasteiger partial charge on any atom is -0.315 e. The topological polar surface area (TPSA) is 13.1 Å². The molecule has 0 aliphatic carbocycles. The second kappa shape index (κ2) is 10.1. The van der Waals surface area contributed by atoms with Crippen LogP contribution in [-0.2, 0) is 0 Å². The molecule has 6 aromatic carbocycles. The monoisotopic (exact) mass is 553 g/mol. The quantitative estimate of drug-likeness (QED) is 0.207. The fraction of sp³-hybridized carbons (Fsp3) is 0.0500. The van der Waals surface area contributed by atoms with Gasteiger partial charge in [-0.25, -0.2) is 0 Å². The van der Waals surface area contributed by atoms with Crippen LogP contribution in [-0.4, -0.2) is 9.13 Å². The molecule has 8 rings (SSSR count). The predicted molar refractivity (Wildman–Crippen MR) is 182 cm³/mol. The summed E-state index contributed by atoms with van der Waals surface area (Å²) in [5, 5.41) is 3.73. The maximum absolute atomic E-state index is 2.41. The van der Waals surface area contributed by atoms with Crippen LogP contribution in [0, 0.1) is 13.8 Å². The van der Waals surface area contributed by atoms with Gasteiger partial charge in [-0.3, -0.25) is 0 Å². The number of aromatic nitrogens is 2. The molecule has 0 aliphatic rings. The Kier molecular flexibility index (Phi) is 5.90. The van der Waals surface area contributed by atoms with Gasteiger partial charge in [0.2, 0.25) is 0 Å². The van der Waals surface area contributed by atoms with E-state index in [1.807, 2.05) is 0 Å². The van der Waals surface area contributed by atoms with Crippen molar-refractivity contribution in [3.8, 4) is 11.4 Å². The lowest BCUT2D eigenvalue weighted by Crippen LogP contribution is -2.10. The molecular formula is C40H31N3. The van der Waals surface area contributed by atoms with Gasteiger partial charge in [0, 0.05) is 50.8 Å².